The van der Waals surface area contributed by atoms with Gasteiger partial charge in [0.25, 0.3) is 0 Å². The summed E-state index contributed by atoms with van der Waals surface area (Å²) < 4.78 is 20.6. The van der Waals surface area contributed by atoms with Crippen LogP contribution < -0.4 is 0 Å². The van der Waals surface area contributed by atoms with Crippen LogP contribution in [0.25, 0.3) is 11.1 Å². The number of benzene rings is 2. The molecule has 2 aromatic rings. The lowest BCUT2D eigenvalue weighted by atomic mass is 9.87. The van der Waals surface area contributed by atoms with E-state index in [1.165, 1.54) is 17.0 Å². The van der Waals surface area contributed by atoms with Crippen LogP contribution in [0.5, 0.6) is 0 Å². The van der Waals surface area contributed by atoms with Gasteiger partial charge in [0.05, 0.1) is 5.73 Å². The summed E-state index contributed by atoms with van der Waals surface area (Å²) >= 11 is 1.69. The minimum Gasteiger partial charge on any atom is -0.410 e. The van der Waals surface area contributed by atoms with Crippen molar-refractivity contribution in [1.29, 1.82) is 0 Å². The van der Waals surface area contributed by atoms with Gasteiger partial charge in [-0.25, -0.2) is 4.39 Å². The van der Waals surface area contributed by atoms with E-state index < -0.39 is 14.0 Å². The number of rotatable bonds is 7. The topological polar surface area (TPSA) is 29.5 Å². The second kappa shape index (κ2) is 9.82. The minimum atomic E-state index is -2.59. The molecule has 2 aromatic carbocycles. The Bertz CT molecular complexity index is 883. The lowest BCUT2D eigenvalue weighted by Crippen LogP contribution is -2.50. The van der Waals surface area contributed by atoms with Crippen LogP contribution in [0.2, 0.25) is 13.1 Å². The predicted molar refractivity (Wildman–Crippen MR) is 131 cm³/mol. The molecule has 1 atom stereocenters. The highest BCUT2D eigenvalue weighted by molar-refractivity contribution is 7.98. The summed E-state index contributed by atoms with van der Waals surface area (Å²) in [5.41, 5.74) is 2.36. The lowest BCUT2D eigenvalue weighted by Gasteiger charge is -2.38. The number of allylic oxidation sites excluding steroid dienone is 1. The highest BCUT2D eigenvalue weighted by atomic mass is 32.2. The number of halogens is 1. The Hall–Kier alpha value is -1.40. The molecule has 5 heteroatoms. The summed E-state index contributed by atoms with van der Waals surface area (Å²) in [6.07, 6.45) is 2.05. The molecule has 0 aromatic heterocycles. The molecule has 164 valence electrons. The number of thioether (sulfide) groups is 1. The maximum Gasteiger partial charge on any atom is 0.220 e. The van der Waals surface area contributed by atoms with Gasteiger partial charge in [-0.3, -0.25) is 0 Å². The number of aliphatic hydroxyl groups excluding tert-OH is 1. The molecule has 1 unspecified atom stereocenters. The van der Waals surface area contributed by atoms with Crippen molar-refractivity contribution in [3.8, 4) is 0 Å². The fourth-order valence-corrected chi connectivity index (χ4v) is 7.00. The van der Waals surface area contributed by atoms with Gasteiger partial charge in [-0.05, 0) is 92.6 Å². The number of hydrogen-bond donors (Lipinski definition) is 1. The molecule has 2 nitrogen and oxygen atoms in total. The smallest absolute Gasteiger partial charge is 0.220 e. The Kier molecular flexibility index (Phi) is 8.13. The molecule has 0 aliphatic rings. The summed E-state index contributed by atoms with van der Waals surface area (Å²) in [7, 11) is -2.59. The van der Waals surface area contributed by atoms with E-state index in [0.717, 1.165) is 16.7 Å². The third-order valence-corrected chi connectivity index (χ3v) is 8.39. The Morgan fingerprint density at radius 3 is 2.07 bits per heavy atom. The maximum atomic E-state index is 14.2. The van der Waals surface area contributed by atoms with Crippen molar-refractivity contribution in [3.63, 3.8) is 0 Å². The zero-order valence-corrected chi connectivity index (χ0v) is 21.2. The molecule has 1 N–H and O–H groups in total. The van der Waals surface area contributed by atoms with E-state index in [4.69, 9.17) is 4.43 Å². The highest BCUT2D eigenvalue weighted by Crippen LogP contribution is 2.38. The Labute approximate surface area is 186 Å². The van der Waals surface area contributed by atoms with Crippen molar-refractivity contribution in [1.82, 2.24) is 0 Å². The van der Waals surface area contributed by atoms with Gasteiger partial charge >= 0.3 is 0 Å². The standard InChI is InChI=1S/C25H35FO2SSi/c1-17(2)22(18-12-14-21(29-6)15-13-18)23(19-10-9-11-20(26)16-19)24(27)30(7,8)28-25(3,4)5/h9-17,24,27H,1-8H3. The average Bonchev–Trinajstić information content (AvgIpc) is 2.63. The average molecular weight is 447 g/mol. The normalized spacial score (nSPS) is 14.6. The van der Waals surface area contributed by atoms with Crippen LogP contribution in [0.1, 0.15) is 45.7 Å². The summed E-state index contributed by atoms with van der Waals surface area (Å²) in [5.74, 6) is -0.174. The van der Waals surface area contributed by atoms with E-state index >= 15 is 0 Å². The molecule has 0 saturated carbocycles. The number of hydrogen-bond acceptors (Lipinski definition) is 3. The molecule has 0 aliphatic carbocycles. The molecule has 0 amide bonds. The molecule has 0 bridgehead atoms. The van der Waals surface area contributed by atoms with Crippen LogP contribution in [0.3, 0.4) is 0 Å². The van der Waals surface area contributed by atoms with Gasteiger partial charge in [0.2, 0.25) is 8.32 Å². The molecule has 0 heterocycles. The van der Waals surface area contributed by atoms with Gasteiger partial charge in [0, 0.05) is 10.5 Å². The van der Waals surface area contributed by atoms with Crippen molar-refractivity contribution in [2.24, 2.45) is 5.92 Å². The molecule has 0 saturated heterocycles. The van der Waals surface area contributed by atoms with E-state index in [0.29, 0.717) is 5.56 Å². The van der Waals surface area contributed by atoms with Gasteiger partial charge in [-0.15, -0.1) is 11.8 Å². The molecule has 0 radical (unpaired) electrons. The van der Waals surface area contributed by atoms with Crippen LogP contribution in [0, 0.1) is 11.7 Å². The third-order valence-electron chi connectivity index (χ3n) is 4.91. The van der Waals surface area contributed by atoms with Crippen molar-refractivity contribution in [2.75, 3.05) is 6.26 Å². The van der Waals surface area contributed by atoms with Crippen LogP contribution >= 0.6 is 11.8 Å². The Morgan fingerprint density at radius 1 is 1.00 bits per heavy atom. The highest BCUT2D eigenvalue weighted by Gasteiger charge is 2.40. The van der Waals surface area contributed by atoms with Crippen molar-refractivity contribution in [2.45, 2.75) is 63.9 Å². The minimum absolute atomic E-state index is 0.137. The van der Waals surface area contributed by atoms with Gasteiger partial charge in [-0.1, -0.05) is 38.1 Å². The van der Waals surface area contributed by atoms with Gasteiger partial charge in [0.15, 0.2) is 0 Å². The molecule has 2 rings (SSSR count). The predicted octanol–water partition coefficient (Wildman–Crippen LogP) is 7.03. The maximum absolute atomic E-state index is 14.2. The van der Waals surface area contributed by atoms with E-state index in [-0.39, 0.29) is 17.3 Å². The molecule has 0 spiro atoms. The molecular weight excluding hydrogens is 411 g/mol. The Balaban J connectivity index is 2.77. The first kappa shape index (κ1) is 24.9. The molecule has 0 fully saturated rings. The van der Waals surface area contributed by atoms with E-state index in [9.17, 15) is 9.50 Å². The lowest BCUT2D eigenvalue weighted by molar-refractivity contribution is 0.103. The van der Waals surface area contributed by atoms with Gasteiger partial charge < -0.3 is 9.53 Å². The van der Waals surface area contributed by atoms with Gasteiger partial charge in [0.1, 0.15) is 5.82 Å². The van der Waals surface area contributed by atoms with Crippen molar-refractivity contribution < 1.29 is 13.9 Å². The second-order valence-corrected chi connectivity index (χ2v) is 14.3. The van der Waals surface area contributed by atoms with E-state index in [2.05, 4.69) is 38.1 Å². The number of aliphatic hydroxyl groups is 1. The first-order valence-electron chi connectivity index (χ1n) is 10.4. The van der Waals surface area contributed by atoms with Crippen LogP contribution in [-0.2, 0) is 4.43 Å². The summed E-state index contributed by atoms with van der Waals surface area (Å²) in [4.78, 5) is 1.18. The summed E-state index contributed by atoms with van der Waals surface area (Å²) in [6, 6.07) is 14.9. The van der Waals surface area contributed by atoms with Crippen LogP contribution in [-0.4, -0.2) is 31.0 Å². The summed E-state index contributed by atoms with van der Waals surface area (Å²) in [5, 5.41) is 11.7. The third kappa shape index (κ3) is 6.30. The second-order valence-electron chi connectivity index (χ2n) is 9.44. The Morgan fingerprint density at radius 2 is 1.60 bits per heavy atom. The first-order chi connectivity index (χ1) is 13.9. The van der Waals surface area contributed by atoms with Crippen molar-refractivity contribution in [3.05, 3.63) is 65.5 Å². The quantitative estimate of drug-likeness (QED) is 0.281. The largest absolute Gasteiger partial charge is 0.410 e. The first-order valence-corrected chi connectivity index (χ1v) is 14.6. The van der Waals surface area contributed by atoms with E-state index in [1.807, 2.05) is 46.2 Å². The fraction of sp³-hybridized carbons (Fsp3) is 0.440. The summed E-state index contributed by atoms with van der Waals surface area (Å²) in [6.45, 7) is 14.3. The monoisotopic (exact) mass is 446 g/mol. The molecular formula is C25H35FO2SSi. The van der Waals surface area contributed by atoms with Crippen molar-refractivity contribution >= 4 is 31.2 Å². The SMILES string of the molecule is CSc1ccc(C(=C(c2cccc(F)c2)C(O)[Si](C)(C)OC(C)(C)C)C(C)C)cc1. The van der Waals surface area contributed by atoms with Crippen LogP contribution in [0.15, 0.2) is 53.4 Å². The molecule has 0 aliphatic heterocycles. The zero-order chi connectivity index (χ0) is 22.7. The van der Waals surface area contributed by atoms with E-state index in [1.54, 1.807) is 17.8 Å². The van der Waals surface area contributed by atoms with Gasteiger partial charge in [-0.2, -0.15) is 0 Å². The molecule has 30 heavy (non-hydrogen) atoms. The zero-order valence-electron chi connectivity index (χ0n) is 19.4. The fourth-order valence-electron chi connectivity index (χ4n) is 3.88. The van der Waals surface area contributed by atoms with Crippen LogP contribution in [0.4, 0.5) is 4.39 Å².